The van der Waals surface area contributed by atoms with Crippen molar-refractivity contribution >= 4 is 17.8 Å². The minimum atomic E-state index is -0.821. The number of methoxy groups -OCH3 is 1. The van der Waals surface area contributed by atoms with E-state index in [9.17, 15) is 19.5 Å². The smallest absolute Gasteiger partial charge is 0.334 e. The molecule has 2 fully saturated rings. The fourth-order valence-electron chi connectivity index (χ4n) is 6.75. The summed E-state index contributed by atoms with van der Waals surface area (Å²) in [6.07, 6.45) is 0.203. The molecule has 6 rings (SSSR count). The molecule has 0 saturated carbocycles. The largest absolute Gasteiger partial charge is 0.508 e. The van der Waals surface area contributed by atoms with E-state index in [1.807, 2.05) is 60.7 Å². The van der Waals surface area contributed by atoms with Crippen molar-refractivity contribution < 1.29 is 24.2 Å². The number of nitrogens with zero attached hydrogens (tertiary/aromatic N) is 4. The molecule has 2 aliphatic heterocycles. The number of phenols is 1. The van der Waals surface area contributed by atoms with Crippen LogP contribution in [0.1, 0.15) is 34.6 Å². The number of nitrogens with one attached hydrogen (secondary N) is 1. The van der Waals surface area contributed by atoms with E-state index in [1.54, 1.807) is 58.2 Å². The summed E-state index contributed by atoms with van der Waals surface area (Å²) in [5.41, 5.74) is 4.01. The number of carbonyl (C=O) groups is 3. The van der Waals surface area contributed by atoms with E-state index >= 15 is 0 Å². The van der Waals surface area contributed by atoms with Gasteiger partial charge in [-0.2, -0.15) is 0 Å². The Morgan fingerprint density at radius 1 is 0.875 bits per heavy atom. The number of hydrazine groups is 1. The van der Waals surface area contributed by atoms with Gasteiger partial charge in [0, 0.05) is 32.5 Å². The lowest BCUT2D eigenvalue weighted by atomic mass is 9.88. The van der Waals surface area contributed by atoms with Gasteiger partial charge in [-0.3, -0.25) is 9.59 Å². The van der Waals surface area contributed by atoms with Crippen molar-refractivity contribution in [3.63, 3.8) is 0 Å². The van der Waals surface area contributed by atoms with E-state index in [0.717, 1.165) is 28.0 Å². The summed E-state index contributed by atoms with van der Waals surface area (Å²) >= 11 is 0. The van der Waals surface area contributed by atoms with E-state index in [1.165, 1.54) is 0 Å². The molecule has 0 radical (unpaired) electrons. The molecule has 2 atom stereocenters. The van der Waals surface area contributed by atoms with E-state index in [0.29, 0.717) is 13.0 Å². The molecule has 4 aromatic carbocycles. The average Bonchev–Trinajstić information content (AvgIpc) is 3.11. The molecular formula is C38H41N5O5. The maximum absolute atomic E-state index is 14.3. The Bertz CT molecular complexity index is 1660. The van der Waals surface area contributed by atoms with Crippen LogP contribution in [0, 0.1) is 0 Å². The van der Waals surface area contributed by atoms with Crippen LogP contribution in [-0.2, 0) is 22.6 Å². The van der Waals surface area contributed by atoms with E-state index in [-0.39, 0.29) is 55.6 Å². The molecule has 2 saturated heterocycles. The summed E-state index contributed by atoms with van der Waals surface area (Å²) in [7, 11) is 3.32. The number of aromatic hydroxyl groups is 1. The van der Waals surface area contributed by atoms with Gasteiger partial charge in [0.15, 0.2) is 0 Å². The van der Waals surface area contributed by atoms with E-state index in [2.05, 4.69) is 29.6 Å². The summed E-state index contributed by atoms with van der Waals surface area (Å²) in [5.74, 6) is 0.522. The van der Waals surface area contributed by atoms with Crippen LogP contribution in [0.4, 0.5) is 4.79 Å². The quantitative estimate of drug-likeness (QED) is 0.261. The summed E-state index contributed by atoms with van der Waals surface area (Å²) in [6.45, 7) is 0.843. The first-order valence-electron chi connectivity index (χ1n) is 16.2. The first-order chi connectivity index (χ1) is 23.3. The molecule has 0 aliphatic carbocycles. The summed E-state index contributed by atoms with van der Waals surface area (Å²) in [4.78, 5) is 45.3. The zero-order valence-corrected chi connectivity index (χ0v) is 27.2. The van der Waals surface area contributed by atoms with Crippen LogP contribution in [0.5, 0.6) is 11.5 Å². The van der Waals surface area contributed by atoms with Crippen LogP contribution >= 0.6 is 0 Å². The number of hydrogen-bond acceptors (Lipinski definition) is 6. The second-order valence-corrected chi connectivity index (χ2v) is 12.3. The Kier molecular flexibility index (Phi) is 9.91. The SMILES string of the molecule is COc1ccc(CNC(=O)N2[C@H]3CN(CCC(c4ccccc4)c4ccccc4)C(=O)[C@H](Cc4ccc(O)cc4)N3C(=O)CN2C)cc1. The lowest BCUT2D eigenvalue weighted by molar-refractivity contribution is -0.187. The van der Waals surface area contributed by atoms with Crippen LogP contribution < -0.4 is 10.1 Å². The number of amides is 4. The van der Waals surface area contributed by atoms with Crippen molar-refractivity contribution in [2.24, 2.45) is 0 Å². The number of likely N-dealkylation sites (N-methyl/N-ethyl adjacent to an activating group) is 1. The van der Waals surface area contributed by atoms with E-state index < -0.39 is 12.2 Å². The van der Waals surface area contributed by atoms with Crippen molar-refractivity contribution in [3.8, 4) is 11.5 Å². The predicted octanol–water partition coefficient (Wildman–Crippen LogP) is 4.60. The maximum atomic E-state index is 14.3. The number of phenolic OH excluding ortho intramolecular Hbond substituents is 1. The van der Waals surface area contributed by atoms with Gasteiger partial charge in [-0.1, -0.05) is 84.9 Å². The summed E-state index contributed by atoms with van der Waals surface area (Å²) in [5, 5.41) is 16.1. The summed E-state index contributed by atoms with van der Waals surface area (Å²) in [6, 6.07) is 33.4. The molecule has 0 aromatic heterocycles. The van der Waals surface area contributed by atoms with Gasteiger partial charge in [-0.15, -0.1) is 0 Å². The van der Waals surface area contributed by atoms with Gasteiger partial charge in [0.2, 0.25) is 11.8 Å². The van der Waals surface area contributed by atoms with Crippen molar-refractivity contribution in [1.82, 2.24) is 25.1 Å². The molecule has 2 heterocycles. The number of urea groups is 1. The standard InChI is InChI=1S/C38H41N5O5/c1-40-26-36(45)42-34(23-27-13-17-31(44)18-14-27)37(46)41(22-21-33(29-9-5-3-6-10-29)30-11-7-4-8-12-30)25-35(42)43(40)38(47)39-24-28-15-19-32(48-2)20-16-28/h3-20,33-35,44H,21-26H2,1-2H3,(H,39,47)/t34-,35-/m0/s1. The third kappa shape index (κ3) is 7.13. The topological polar surface area (TPSA) is 106 Å². The number of fused-ring (bicyclic) bond motifs is 1. The average molecular weight is 648 g/mol. The zero-order valence-electron chi connectivity index (χ0n) is 27.2. The van der Waals surface area contributed by atoms with Crippen molar-refractivity contribution in [2.45, 2.75) is 37.5 Å². The molecule has 0 bridgehead atoms. The maximum Gasteiger partial charge on any atom is 0.334 e. The number of benzene rings is 4. The normalized spacial score (nSPS) is 18.2. The highest BCUT2D eigenvalue weighted by Gasteiger charge is 2.50. The molecule has 10 nitrogen and oxygen atoms in total. The fourth-order valence-corrected chi connectivity index (χ4v) is 6.75. The van der Waals surface area contributed by atoms with Crippen LogP contribution in [-0.4, -0.2) is 88.8 Å². The van der Waals surface area contributed by atoms with Gasteiger partial charge in [-0.25, -0.2) is 14.8 Å². The highest BCUT2D eigenvalue weighted by Crippen LogP contribution is 2.32. The Morgan fingerprint density at radius 3 is 2.08 bits per heavy atom. The Hall–Kier alpha value is -5.35. The second kappa shape index (κ2) is 14.6. The van der Waals surface area contributed by atoms with Gasteiger partial charge in [0.05, 0.1) is 20.2 Å². The van der Waals surface area contributed by atoms with Gasteiger partial charge in [0.25, 0.3) is 0 Å². The van der Waals surface area contributed by atoms with Crippen LogP contribution in [0.25, 0.3) is 0 Å². The first kappa shape index (κ1) is 32.6. The molecule has 4 aromatic rings. The van der Waals surface area contributed by atoms with Crippen molar-refractivity contribution in [2.75, 3.05) is 33.8 Å². The van der Waals surface area contributed by atoms with Crippen molar-refractivity contribution in [3.05, 3.63) is 131 Å². The number of rotatable bonds is 10. The zero-order chi connectivity index (χ0) is 33.6. The first-order valence-corrected chi connectivity index (χ1v) is 16.2. The molecule has 48 heavy (non-hydrogen) atoms. The highest BCUT2D eigenvalue weighted by atomic mass is 16.5. The van der Waals surface area contributed by atoms with Crippen molar-refractivity contribution in [1.29, 1.82) is 0 Å². The number of piperazine rings is 1. The molecule has 4 amide bonds. The molecule has 248 valence electrons. The minimum absolute atomic E-state index is 0.0457. The summed E-state index contributed by atoms with van der Waals surface area (Å²) < 4.78 is 5.25. The Morgan fingerprint density at radius 2 is 1.48 bits per heavy atom. The molecule has 0 unspecified atom stereocenters. The second-order valence-electron chi connectivity index (χ2n) is 12.3. The third-order valence-electron chi connectivity index (χ3n) is 9.21. The Labute approximate surface area is 281 Å². The number of carbonyl (C=O) groups excluding carboxylic acids is 3. The molecule has 2 aliphatic rings. The highest BCUT2D eigenvalue weighted by molar-refractivity contribution is 5.91. The lowest BCUT2D eigenvalue weighted by Crippen LogP contribution is -2.76. The number of hydrogen-bond donors (Lipinski definition) is 2. The predicted molar refractivity (Wildman–Crippen MR) is 182 cm³/mol. The molecule has 10 heteroatoms. The lowest BCUT2D eigenvalue weighted by Gasteiger charge is -2.54. The molecule has 2 N–H and O–H groups in total. The van der Waals surface area contributed by atoms with Crippen LogP contribution in [0.2, 0.25) is 0 Å². The van der Waals surface area contributed by atoms with Gasteiger partial charge in [-0.05, 0) is 52.9 Å². The molecule has 0 spiro atoms. The van der Waals surface area contributed by atoms with Gasteiger partial charge in [0.1, 0.15) is 23.7 Å². The van der Waals surface area contributed by atoms with Crippen LogP contribution in [0.15, 0.2) is 109 Å². The van der Waals surface area contributed by atoms with Gasteiger partial charge >= 0.3 is 6.03 Å². The fraction of sp³-hybridized carbons (Fsp3) is 0.289. The minimum Gasteiger partial charge on any atom is -0.508 e. The number of ether oxygens (including phenoxy) is 1. The van der Waals surface area contributed by atoms with Crippen LogP contribution in [0.3, 0.4) is 0 Å². The third-order valence-corrected chi connectivity index (χ3v) is 9.21. The van der Waals surface area contributed by atoms with Gasteiger partial charge < -0.3 is 25.0 Å². The van der Waals surface area contributed by atoms with E-state index in [4.69, 9.17) is 4.74 Å². The monoisotopic (exact) mass is 647 g/mol. The molecular weight excluding hydrogens is 606 g/mol. The Balaban J connectivity index is 1.28.